The monoisotopic (exact) mass is 458 g/mol. The van der Waals surface area contributed by atoms with Crippen LogP contribution in [-0.4, -0.2) is 51.2 Å². The third-order valence-corrected chi connectivity index (χ3v) is 5.56. The number of halogens is 3. The van der Waals surface area contributed by atoms with Crippen LogP contribution in [0.15, 0.2) is 53.4 Å². The molecule has 0 bridgehead atoms. The van der Waals surface area contributed by atoms with E-state index in [1.165, 1.54) is 42.5 Å². The SMILES string of the molecule is NS(=O)(=O)c1cccc(C(=O)N2CCC(Oc3cccc(OCC(F)(F)F)c3)CC2)c1. The van der Waals surface area contributed by atoms with Gasteiger partial charge >= 0.3 is 6.18 Å². The molecule has 0 radical (unpaired) electrons. The number of carbonyl (C=O) groups is 1. The van der Waals surface area contributed by atoms with Crippen LogP contribution in [0.25, 0.3) is 0 Å². The number of primary sulfonamides is 1. The fourth-order valence-corrected chi connectivity index (χ4v) is 3.72. The molecule has 1 aliphatic heterocycles. The van der Waals surface area contributed by atoms with Gasteiger partial charge in [0.15, 0.2) is 6.61 Å². The summed E-state index contributed by atoms with van der Waals surface area (Å²) in [6, 6.07) is 11.5. The van der Waals surface area contributed by atoms with E-state index in [0.717, 1.165) is 0 Å². The first kappa shape index (κ1) is 22.9. The third-order valence-electron chi connectivity index (χ3n) is 4.65. The highest BCUT2D eigenvalue weighted by molar-refractivity contribution is 7.89. The number of carbonyl (C=O) groups excluding carboxylic acids is 1. The first-order valence-corrected chi connectivity index (χ1v) is 10.9. The summed E-state index contributed by atoms with van der Waals surface area (Å²) < 4.78 is 70.4. The first-order chi connectivity index (χ1) is 14.5. The molecule has 0 aliphatic carbocycles. The number of nitrogens with two attached hydrogens (primary N) is 1. The Balaban J connectivity index is 1.56. The van der Waals surface area contributed by atoms with Crippen molar-refractivity contribution in [1.29, 1.82) is 0 Å². The Hall–Kier alpha value is -2.79. The van der Waals surface area contributed by atoms with E-state index in [4.69, 9.17) is 14.6 Å². The predicted octanol–water partition coefficient (Wildman–Crippen LogP) is 2.96. The van der Waals surface area contributed by atoms with Crippen molar-refractivity contribution in [3.05, 3.63) is 54.1 Å². The lowest BCUT2D eigenvalue weighted by Crippen LogP contribution is -2.41. The van der Waals surface area contributed by atoms with Crippen molar-refractivity contribution in [2.45, 2.75) is 30.0 Å². The molecule has 1 heterocycles. The van der Waals surface area contributed by atoms with E-state index < -0.39 is 22.8 Å². The van der Waals surface area contributed by atoms with Crippen LogP contribution in [0.1, 0.15) is 23.2 Å². The Bertz CT molecular complexity index is 1040. The minimum absolute atomic E-state index is 0.0529. The summed E-state index contributed by atoms with van der Waals surface area (Å²) in [5.74, 6) is 0.119. The van der Waals surface area contributed by atoms with Gasteiger partial charge in [-0.05, 0) is 30.3 Å². The Kier molecular flexibility index (Phi) is 6.75. The third kappa shape index (κ3) is 6.59. The van der Waals surface area contributed by atoms with Crippen molar-refractivity contribution in [3.8, 4) is 11.5 Å². The summed E-state index contributed by atoms with van der Waals surface area (Å²) >= 11 is 0. The number of alkyl halides is 3. The van der Waals surface area contributed by atoms with Gasteiger partial charge in [-0.3, -0.25) is 4.79 Å². The summed E-state index contributed by atoms with van der Waals surface area (Å²) in [5, 5.41) is 5.11. The Morgan fingerprint density at radius 2 is 1.71 bits per heavy atom. The molecule has 2 aromatic carbocycles. The number of likely N-dealkylation sites (tertiary alicyclic amines) is 1. The minimum atomic E-state index is -4.43. The summed E-state index contributed by atoms with van der Waals surface area (Å²) in [6.07, 6.45) is -3.63. The number of hydrogen-bond acceptors (Lipinski definition) is 5. The van der Waals surface area contributed by atoms with Crippen molar-refractivity contribution in [1.82, 2.24) is 4.90 Å². The number of hydrogen-bond donors (Lipinski definition) is 1. The van der Waals surface area contributed by atoms with Crippen LogP contribution in [0.5, 0.6) is 11.5 Å². The normalized spacial score (nSPS) is 15.5. The fourth-order valence-electron chi connectivity index (χ4n) is 3.16. The van der Waals surface area contributed by atoms with Crippen LogP contribution in [0, 0.1) is 0 Å². The summed E-state index contributed by atoms with van der Waals surface area (Å²) in [7, 11) is -3.91. The van der Waals surface area contributed by atoms with Gasteiger partial charge in [-0.25, -0.2) is 13.6 Å². The van der Waals surface area contributed by atoms with E-state index in [-0.39, 0.29) is 28.2 Å². The number of ether oxygens (including phenoxy) is 2. The van der Waals surface area contributed by atoms with Crippen molar-refractivity contribution in [2.75, 3.05) is 19.7 Å². The maximum Gasteiger partial charge on any atom is 0.422 e. The second-order valence-corrected chi connectivity index (χ2v) is 8.62. The first-order valence-electron chi connectivity index (χ1n) is 9.40. The Labute approximate surface area is 177 Å². The molecule has 168 valence electrons. The van der Waals surface area contributed by atoms with E-state index in [1.807, 2.05) is 0 Å². The molecule has 1 amide bonds. The average Bonchev–Trinajstić information content (AvgIpc) is 2.72. The highest BCUT2D eigenvalue weighted by Gasteiger charge is 2.29. The summed E-state index contributed by atoms with van der Waals surface area (Å²) in [6.45, 7) is -0.621. The predicted molar refractivity (Wildman–Crippen MR) is 105 cm³/mol. The fraction of sp³-hybridized carbons (Fsp3) is 0.350. The topological polar surface area (TPSA) is 98.9 Å². The van der Waals surface area contributed by atoms with Crippen LogP contribution < -0.4 is 14.6 Å². The summed E-state index contributed by atoms with van der Waals surface area (Å²) in [5.41, 5.74) is 0.223. The molecule has 0 atom stereocenters. The van der Waals surface area contributed by atoms with Gasteiger partial charge in [0.1, 0.15) is 17.6 Å². The molecule has 3 rings (SSSR count). The van der Waals surface area contributed by atoms with E-state index >= 15 is 0 Å². The van der Waals surface area contributed by atoms with Crippen molar-refractivity contribution >= 4 is 15.9 Å². The lowest BCUT2D eigenvalue weighted by molar-refractivity contribution is -0.153. The van der Waals surface area contributed by atoms with Gasteiger partial charge in [0.25, 0.3) is 5.91 Å². The van der Waals surface area contributed by atoms with Crippen molar-refractivity contribution in [2.24, 2.45) is 5.14 Å². The smallest absolute Gasteiger partial charge is 0.422 e. The van der Waals surface area contributed by atoms with Crippen LogP contribution in [-0.2, 0) is 10.0 Å². The van der Waals surface area contributed by atoms with Gasteiger partial charge in [-0.1, -0.05) is 12.1 Å². The zero-order chi connectivity index (χ0) is 22.6. The van der Waals surface area contributed by atoms with Crippen molar-refractivity contribution < 1.29 is 35.9 Å². The molecule has 7 nitrogen and oxygen atoms in total. The summed E-state index contributed by atoms with van der Waals surface area (Å²) in [4.78, 5) is 14.1. The number of sulfonamides is 1. The van der Waals surface area contributed by atoms with Gasteiger partial charge in [-0.15, -0.1) is 0 Å². The molecule has 0 unspecified atom stereocenters. The van der Waals surface area contributed by atoms with E-state index in [0.29, 0.717) is 31.7 Å². The number of rotatable bonds is 6. The molecule has 1 fully saturated rings. The van der Waals surface area contributed by atoms with Gasteiger partial charge in [-0.2, -0.15) is 13.2 Å². The van der Waals surface area contributed by atoms with Gasteiger partial charge in [0, 0.05) is 37.6 Å². The molecule has 1 aliphatic rings. The van der Waals surface area contributed by atoms with E-state index in [2.05, 4.69) is 0 Å². The highest BCUT2D eigenvalue weighted by atomic mass is 32.2. The molecule has 2 N–H and O–H groups in total. The van der Waals surface area contributed by atoms with Gasteiger partial charge < -0.3 is 14.4 Å². The molecular formula is C20H21F3N2O5S. The lowest BCUT2D eigenvalue weighted by Gasteiger charge is -2.32. The van der Waals surface area contributed by atoms with Crippen LogP contribution in [0.3, 0.4) is 0 Å². The van der Waals surface area contributed by atoms with Gasteiger partial charge in [0.05, 0.1) is 4.90 Å². The Morgan fingerprint density at radius 3 is 2.35 bits per heavy atom. The number of benzene rings is 2. The molecular weight excluding hydrogens is 437 g/mol. The number of nitrogens with zero attached hydrogens (tertiary/aromatic N) is 1. The van der Waals surface area contributed by atoms with Crippen molar-refractivity contribution in [3.63, 3.8) is 0 Å². The van der Waals surface area contributed by atoms with Crippen LogP contribution in [0.4, 0.5) is 13.2 Å². The average molecular weight is 458 g/mol. The molecule has 31 heavy (non-hydrogen) atoms. The molecule has 0 spiro atoms. The molecule has 1 saturated heterocycles. The largest absolute Gasteiger partial charge is 0.490 e. The Morgan fingerprint density at radius 1 is 1.06 bits per heavy atom. The van der Waals surface area contributed by atoms with E-state index in [1.54, 1.807) is 11.0 Å². The maximum absolute atomic E-state index is 12.7. The highest BCUT2D eigenvalue weighted by Crippen LogP contribution is 2.25. The second-order valence-electron chi connectivity index (χ2n) is 7.06. The molecule has 2 aromatic rings. The zero-order valence-corrected chi connectivity index (χ0v) is 17.2. The molecule has 0 saturated carbocycles. The van der Waals surface area contributed by atoms with E-state index in [9.17, 15) is 26.4 Å². The van der Waals surface area contributed by atoms with Gasteiger partial charge in [0.2, 0.25) is 10.0 Å². The second kappa shape index (κ2) is 9.15. The number of amides is 1. The maximum atomic E-state index is 12.7. The number of piperidine rings is 1. The van der Waals surface area contributed by atoms with Crippen LogP contribution in [0.2, 0.25) is 0 Å². The molecule has 0 aromatic heterocycles. The molecule has 11 heteroatoms. The standard InChI is InChI=1S/C20H21F3N2O5S/c21-20(22,23)13-29-16-4-2-5-17(12-16)30-15-7-9-25(10-8-15)19(26)14-3-1-6-18(11-14)31(24,27)28/h1-6,11-12,15H,7-10,13H2,(H2,24,27,28). The minimum Gasteiger partial charge on any atom is -0.490 e. The quantitative estimate of drug-likeness (QED) is 0.718. The lowest BCUT2D eigenvalue weighted by atomic mass is 10.1. The zero-order valence-electron chi connectivity index (χ0n) is 16.3. The van der Waals surface area contributed by atoms with Crippen LogP contribution >= 0.6 is 0 Å².